The Hall–Kier alpha value is -0.860. The van der Waals surface area contributed by atoms with Crippen molar-refractivity contribution in [1.29, 1.82) is 5.41 Å². The van der Waals surface area contributed by atoms with Crippen LogP contribution in [0.5, 0.6) is 0 Å². The molecule has 1 saturated heterocycles. The maximum absolute atomic E-state index is 10.8. The molecule has 0 aliphatic carbocycles. The highest BCUT2D eigenvalue weighted by Crippen LogP contribution is 2.16. The zero-order chi connectivity index (χ0) is 7.02. The molecule has 1 fully saturated rings. The van der Waals surface area contributed by atoms with E-state index in [1.807, 2.05) is 6.92 Å². The first-order valence-electron chi connectivity index (χ1n) is 2.98. The van der Waals surface area contributed by atoms with E-state index in [9.17, 15) is 4.79 Å². The molecular weight excluding hydrogens is 116 g/mol. The van der Waals surface area contributed by atoms with Crippen LogP contribution in [-0.2, 0) is 4.79 Å². The number of amides is 1. The molecule has 1 aliphatic heterocycles. The van der Waals surface area contributed by atoms with Crippen LogP contribution in [0.15, 0.2) is 0 Å². The highest BCUT2D eigenvalue weighted by Gasteiger charge is 2.28. The van der Waals surface area contributed by atoms with Gasteiger partial charge in [0.1, 0.15) is 5.84 Å². The molecular formula is C6H10N2O. The number of nitrogens with zero attached hydrogens (tertiary/aromatic N) is 1. The minimum atomic E-state index is 0.0625. The molecule has 0 aromatic rings. The highest BCUT2D eigenvalue weighted by molar-refractivity contribution is 6.04. The molecule has 0 bridgehead atoms. The van der Waals surface area contributed by atoms with Crippen LogP contribution in [0.25, 0.3) is 0 Å². The molecule has 1 amide bonds. The summed E-state index contributed by atoms with van der Waals surface area (Å²) in [6.07, 6.45) is 0.509. The van der Waals surface area contributed by atoms with Crippen molar-refractivity contribution >= 4 is 11.7 Å². The van der Waals surface area contributed by atoms with E-state index < -0.39 is 0 Å². The van der Waals surface area contributed by atoms with Gasteiger partial charge in [-0.2, -0.15) is 0 Å². The molecule has 1 heterocycles. The second-order valence-electron chi connectivity index (χ2n) is 2.44. The molecule has 1 rings (SSSR count). The fraction of sp³-hybridized carbons (Fsp3) is 0.667. The largest absolute Gasteiger partial charge is 0.304 e. The first kappa shape index (κ1) is 6.26. The average Bonchev–Trinajstić information content (AvgIpc) is 1.98. The Morgan fingerprint density at radius 2 is 2.33 bits per heavy atom. The molecule has 0 saturated carbocycles. The predicted octanol–water partition coefficient (Wildman–Crippen LogP) is 0.462. The molecule has 1 atom stereocenters. The molecule has 9 heavy (non-hydrogen) atoms. The van der Waals surface area contributed by atoms with E-state index >= 15 is 0 Å². The van der Waals surface area contributed by atoms with Crippen LogP contribution in [0.3, 0.4) is 0 Å². The Labute approximate surface area is 54.2 Å². The zero-order valence-electron chi connectivity index (χ0n) is 5.64. The lowest BCUT2D eigenvalue weighted by Gasteiger charge is -2.07. The molecule has 0 aromatic heterocycles. The third-order valence-corrected chi connectivity index (χ3v) is 1.68. The van der Waals surface area contributed by atoms with Gasteiger partial charge in [0, 0.05) is 19.4 Å². The molecule has 3 heteroatoms. The number of amidine groups is 1. The fourth-order valence-corrected chi connectivity index (χ4v) is 0.960. The van der Waals surface area contributed by atoms with Crippen molar-refractivity contribution in [2.45, 2.75) is 13.3 Å². The molecule has 50 valence electrons. The smallest absolute Gasteiger partial charge is 0.228 e. The Balaban J connectivity index is 2.77. The number of nitrogens with one attached hydrogen (secondary N) is 1. The second-order valence-corrected chi connectivity index (χ2v) is 2.44. The summed E-state index contributed by atoms with van der Waals surface area (Å²) in [6, 6.07) is 0. The molecule has 0 radical (unpaired) electrons. The van der Waals surface area contributed by atoms with E-state index in [0.29, 0.717) is 12.3 Å². The molecule has 1 aliphatic rings. The van der Waals surface area contributed by atoms with Crippen LogP contribution in [0.2, 0.25) is 0 Å². The zero-order valence-corrected chi connectivity index (χ0v) is 5.64. The summed E-state index contributed by atoms with van der Waals surface area (Å²) in [5, 5.41) is 7.30. The van der Waals surface area contributed by atoms with Crippen molar-refractivity contribution < 1.29 is 4.79 Å². The number of rotatable bonds is 0. The minimum absolute atomic E-state index is 0.0625. The van der Waals surface area contributed by atoms with Crippen LogP contribution < -0.4 is 0 Å². The van der Waals surface area contributed by atoms with Gasteiger partial charge in [0.2, 0.25) is 5.91 Å². The SMILES string of the molecule is CC1CC(=O)N(C)C1=N. The van der Waals surface area contributed by atoms with Crippen molar-refractivity contribution in [3.63, 3.8) is 0 Å². The summed E-state index contributed by atoms with van der Waals surface area (Å²) < 4.78 is 0. The normalized spacial score (nSPS) is 27.8. The van der Waals surface area contributed by atoms with E-state index in [1.54, 1.807) is 7.05 Å². The van der Waals surface area contributed by atoms with Crippen LogP contribution in [0.4, 0.5) is 0 Å². The van der Waals surface area contributed by atoms with E-state index in [0.717, 1.165) is 0 Å². The standard InChI is InChI=1S/C6H10N2O/c1-4-3-5(9)8(2)6(4)7/h4,7H,3H2,1-2H3. The van der Waals surface area contributed by atoms with Crippen LogP contribution in [0, 0.1) is 11.3 Å². The van der Waals surface area contributed by atoms with Crippen molar-refractivity contribution in [3.8, 4) is 0 Å². The summed E-state index contributed by atoms with van der Waals surface area (Å²) in [6.45, 7) is 1.89. The van der Waals surface area contributed by atoms with Crippen molar-refractivity contribution in [2.75, 3.05) is 7.05 Å². The fourth-order valence-electron chi connectivity index (χ4n) is 0.960. The van der Waals surface area contributed by atoms with E-state index in [1.165, 1.54) is 4.90 Å². The van der Waals surface area contributed by atoms with E-state index in [-0.39, 0.29) is 11.8 Å². The van der Waals surface area contributed by atoms with Gasteiger partial charge >= 0.3 is 0 Å². The minimum Gasteiger partial charge on any atom is -0.304 e. The van der Waals surface area contributed by atoms with Gasteiger partial charge in [-0.1, -0.05) is 6.92 Å². The monoisotopic (exact) mass is 126 g/mol. The third-order valence-electron chi connectivity index (χ3n) is 1.68. The average molecular weight is 126 g/mol. The summed E-state index contributed by atoms with van der Waals surface area (Å²) in [7, 11) is 1.65. The van der Waals surface area contributed by atoms with Gasteiger partial charge in [-0.25, -0.2) is 0 Å². The first-order chi connectivity index (χ1) is 4.13. The van der Waals surface area contributed by atoms with E-state index in [2.05, 4.69) is 0 Å². The van der Waals surface area contributed by atoms with Crippen LogP contribution in [-0.4, -0.2) is 23.7 Å². The maximum Gasteiger partial charge on any atom is 0.228 e. The Kier molecular flexibility index (Phi) is 1.27. The first-order valence-corrected chi connectivity index (χ1v) is 2.98. The van der Waals surface area contributed by atoms with Crippen LogP contribution in [0.1, 0.15) is 13.3 Å². The molecule has 0 spiro atoms. The van der Waals surface area contributed by atoms with Gasteiger partial charge in [0.05, 0.1) is 0 Å². The van der Waals surface area contributed by atoms with Gasteiger partial charge in [-0.05, 0) is 0 Å². The van der Waals surface area contributed by atoms with Gasteiger partial charge in [0.15, 0.2) is 0 Å². The van der Waals surface area contributed by atoms with Crippen molar-refractivity contribution in [3.05, 3.63) is 0 Å². The topological polar surface area (TPSA) is 44.2 Å². The van der Waals surface area contributed by atoms with Gasteiger partial charge in [-0.3, -0.25) is 10.2 Å². The lowest BCUT2D eigenvalue weighted by molar-refractivity contribution is -0.125. The number of hydrogen-bond donors (Lipinski definition) is 1. The number of carbonyl (C=O) groups is 1. The molecule has 1 N–H and O–H groups in total. The van der Waals surface area contributed by atoms with Gasteiger partial charge < -0.3 is 4.90 Å². The third kappa shape index (κ3) is 0.823. The second kappa shape index (κ2) is 1.83. The summed E-state index contributed by atoms with van der Waals surface area (Å²) >= 11 is 0. The Morgan fingerprint density at radius 1 is 1.78 bits per heavy atom. The van der Waals surface area contributed by atoms with Crippen molar-refractivity contribution in [2.24, 2.45) is 5.92 Å². The molecule has 3 nitrogen and oxygen atoms in total. The summed E-state index contributed by atoms with van der Waals surface area (Å²) in [5.41, 5.74) is 0. The quantitative estimate of drug-likeness (QED) is 0.503. The molecule has 0 aromatic carbocycles. The Bertz CT molecular complexity index is 164. The van der Waals surface area contributed by atoms with Gasteiger partial charge in [0.25, 0.3) is 0 Å². The Morgan fingerprint density at radius 3 is 2.44 bits per heavy atom. The lowest BCUT2D eigenvalue weighted by atomic mass is 10.1. The van der Waals surface area contributed by atoms with Crippen molar-refractivity contribution in [1.82, 2.24) is 4.90 Å². The number of hydrogen-bond acceptors (Lipinski definition) is 2. The van der Waals surface area contributed by atoms with E-state index in [4.69, 9.17) is 5.41 Å². The maximum atomic E-state index is 10.8. The van der Waals surface area contributed by atoms with Crippen LogP contribution >= 0.6 is 0 Å². The summed E-state index contributed by atoms with van der Waals surface area (Å²) in [5.74, 6) is 0.634. The predicted molar refractivity (Wildman–Crippen MR) is 34.3 cm³/mol. The highest BCUT2D eigenvalue weighted by atomic mass is 16.2. The number of carbonyl (C=O) groups excluding carboxylic acids is 1. The van der Waals surface area contributed by atoms with Gasteiger partial charge in [-0.15, -0.1) is 0 Å². The molecule has 1 unspecified atom stereocenters. The summed E-state index contributed by atoms with van der Waals surface area (Å²) in [4.78, 5) is 12.2. The lowest BCUT2D eigenvalue weighted by Crippen LogP contribution is -2.24. The number of likely N-dealkylation sites (tertiary alicyclic amines) is 1.